The van der Waals surface area contributed by atoms with Crippen molar-refractivity contribution in [2.45, 2.75) is 6.54 Å². The molecular weight excluding hydrogens is 483 g/mol. The van der Waals surface area contributed by atoms with Gasteiger partial charge in [0, 0.05) is 17.3 Å². The average molecular weight is 507 g/mol. The number of nitrogens with one attached hydrogen (secondary N) is 1. The molecule has 146 valence electrons. The molecule has 1 aliphatic rings. The Kier molecular flexibility index (Phi) is 12.4. The van der Waals surface area contributed by atoms with E-state index in [1.165, 1.54) is 5.56 Å². The maximum absolute atomic E-state index is 5.83. The van der Waals surface area contributed by atoms with E-state index in [-0.39, 0.29) is 19.5 Å². The molecule has 0 radical (unpaired) electrons. The second kappa shape index (κ2) is 13.7. The second-order valence-electron chi connectivity index (χ2n) is 5.49. The van der Waals surface area contributed by atoms with Crippen LogP contribution in [0.1, 0.15) is 11.1 Å². The zero-order valence-electron chi connectivity index (χ0n) is 15.4. The molecule has 0 atom stereocenters. The molecule has 7 heteroatoms. The van der Waals surface area contributed by atoms with Crippen molar-refractivity contribution in [2.75, 3.05) is 30.9 Å². The van der Waals surface area contributed by atoms with E-state index >= 15 is 0 Å². The minimum absolute atomic E-state index is 0. The van der Waals surface area contributed by atoms with E-state index in [0.29, 0.717) is 0 Å². The van der Waals surface area contributed by atoms with E-state index in [0.717, 1.165) is 35.9 Å². The normalized spacial score (nSPS) is 14.0. The van der Waals surface area contributed by atoms with Gasteiger partial charge >= 0.3 is 19.5 Å². The van der Waals surface area contributed by atoms with Crippen molar-refractivity contribution in [3.05, 3.63) is 77.9 Å². The van der Waals surface area contributed by atoms with E-state index in [1.54, 1.807) is 30.0 Å². The number of rotatable bonds is 6. The SMILES string of the molecule is CSN1[CH-]N(SC)CC1.[CH-]=Cc1ccccc1CNc1ccc(Cl)cc1.[Ru+2]. The van der Waals surface area contributed by atoms with Gasteiger partial charge in [-0.3, -0.25) is 6.58 Å². The van der Waals surface area contributed by atoms with Crippen LogP contribution >= 0.6 is 35.5 Å². The Balaban J connectivity index is 0.000000310. The second-order valence-corrected chi connectivity index (χ2v) is 7.59. The summed E-state index contributed by atoms with van der Waals surface area (Å²) in [6, 6.07) is 15.7. The van der Waals surface area contributed by atoms with Gasteiger partial charge in [0.2, 0.25) is 0 Å². The Hall–Kier alpha value is -0.487. The van der Waals surface area contributed by atoms with Gasteiger partial charge < -0.3 is 13.9 Å². The van der Waals surface area contributed by atoms with E-state index in [9.17, 15) is 0 Å². The smallest absolute Gasteiger partial charge is 0.386 e. The molecule has 3 nitrogen and oxygen atoms in total. The largest absolute Gasteiger partial charge is 2.00 e. The van der Waals surface area contributed by atoms with E-state index in [1.807, 2.05) is 42.5 Å². The van der Waals surface area contributed by atoms with Gasteiger partial charge in [0.1, 0.15) is 0 Å². The zero-order chi connectivity index (χ0) is 18.8. The number of halogens is 1. The van der Waals surface area contributed by atoms with E-state index in [4.69, 9.17) is 18.2 Å². The third-order valence-corrected chi connectivity index (χ3v) is 5.57. The monoisotopic (exact) mass is 507 g/mol. The fourth-order valence-electron chi connectivity index (χ4n) is 2.36. The van der Waals surface area contributed by atoms with Crippen LogP contribution in [0.5, 0.6) is 0 Å². The van der Waals surface area contributed by atoms with Crippen LogP contribution in [0.3, 0.4) is 0 Å². The van der Waals surface area contributed by atoms with Gasteiger partial charge in [0.25, 0.3) is 0 Å². The molecular formula is C20H24ClN3RuS2. The molecule has 1 saturated heterocycles. The van der Waals surface area contributed by atoms with Crippen LogP contribution in [0.15, 0.2) is 48.5 Å². The summed E-state index contributed by atoms with van der Waals surface area (Å²) in [4.78, 5) is 0. The Labute approximate surface area is 189 Å². The molecule has 2 aromatic carbocycles. The first-order valence-corrected chi connectivity index (χ1v) is 11.0. The Morgan fingerprint density at radius 2 is 1.67 bits per heavy atom. The van der Waals surface area contributed by atoms with Crippen LogP contribution in [-0.2, 0) is 26.0 Å². The quantitative estimate of drug-likeness (QED) is 0.308. The van der Waals surface area contributed by atoms with Crippen LogP contribution in [0.4, 0.5) is 5.69 Å². The molecule has 0 bridgehead atoms. The topological polar surface area (TPSA) is 18.5 Å². The Bertz CT molecular complexity index is 675. The maximum Gasteiger partial charge on any atom is 2.00 e. The van der Waals surface area contributed by atoms with E-state index in [2.05, 4.69) is 39.2 Å². The fourth-order valence-corrected chi connectivity index (χ4v) is 3.49. The van der Waals surface area contributed by atoms with Crippen molar-refractivity contribution in [3.63, 3.8) is 0 Å². The molecule has 0 saturated carbocycles. The molecule has 0 amide bonds. The Morgan fingerprint density at radius 3 is 2.19 bits per heavy atom. The van der Waals surface area contributed by atoms with Gasteiger partial charge in [-0.15, -0.1) is 35.5 Å². The first kappa shape index (κ1) is 24.6. The fraction of sp³-hybridized carbons (Fsp3) is 0.250. The average Bonchev–Trinajstić information content (AvgIpc) is 3.17. The number of benzene rings is 2. The summed E-state index contributed by atoms with van der Waals surface area (Å²) in [6.07, 6.45) is 5.82. The third-order valence-electron chi connectivity index (χ3n) is 3.83. The van der Waals surface area contributed by atoms with Crippen molar-refractivity contribution < 1.29 is 19.5 Å². The molecule has 1 aliphatic heterocycles. The zero-order valence-corrected chi connectivity index (χ0v) is 19.5. The summed E-state index contributed by atoms with van der Waals surface area (Å²) in [5.74, 6) is 0. The van der Waals surface area contributed by atoms with Crippen LogP contribution in [0.25, 0.3) is 6.08 Å². The van der Waals surface area contributed by atoms with Gasteiger partial charge in [-0.1, -0.05) is 29.8 Å². The Morgan fingerprint density at radius 1 is 1.07 bits per heavy atom. The summed E-state index contributed by atoms with van der Waals surface area (Å²) < 4.78 is 4.47. The van der Waals surface area contributed by atoms with Gasteiger partial charge in [-0.2, -0.15) is 12.2 Å². The summed E-state index contributed by atoms with van der Waals surface area (Å²) in [7, 11) is 0. The number of hydrogen-bond acceptors (Lipinski definition) is 5. The predicted octanol–water partition coefficient (Wildman–Crippen LogP) is 5.68. The summed E-state index contributed by atoms with van der Waals surface area (Å²) in [6.45, 7) is 10.8. The minimum atomic E-state index is 0. The third kappa shape index (κ3) is 8.59. The van der Waals surface area contributed by atoms with Gasteiger partial charge in [-0.25, -0.2) is 6.08 Å². The van der Waals surface area contributed by atoms with Crippen LogP contribution in [0, 0.1) is 13.2 Å². The standard InChI is InChI=1S/C15H13ClN.C5H11N2S2.Ru/c1-2-12-5-3-4-6-13(12)11-17-15-9-7-14(16)8-10-15;1-8-6-3-4-7(5-6)9-2;/h1-10,17H,11H2;5H,3-4H2,1-2H3;/q2*-1;+2. The van der Waals surface area contributed by atoms with E-state index < -0.39 is 0 Å². The number of nitrogens with zero attached hydrogens (tertiary/aromatic N) is 2. The van der Waals surface area contributed by atoms with Gasteiger partial charge in [-0.05, 0) is 49.9 Å². The first-order valence-electron chi connectivity index (χ1n) is 8.25. The van der Waals surface area contributed by atoms with Gasteiger partial charge in [0.05, 0.1) is 0 Å². The van der Waals surface area contributed by atoms with Crippen molar-refractivity contribution in [2.24, 2.45) is 0 Å². The summed E-state index contributed by atoms with van der Waals surface area (Å²) in [5.41, 5.74) is 3.26. The van der Waals surface area contributed by atoms with Crippen molar-refractivity contribution in [1.82, 2.24) is 8.61 Å². The molecule has 0 aliphatic carbocycles. The van der Waals surface area contributed by atoms with Crippen LogP contribution in [-0.4, -0.2) is 34.2 Å². The molecule has 0 spiro atoms. The number of hydrogen-bond donors (Lipinski definition) is 1. The van der Waals surface area contributed by atoms with Crippen molar-refractivity contribution in [3.8, 4) is 0 Å². The van der Waals surface area contributed by atoms with Crippen molar-refractivity contribution >= 4 is 47.3 Å². The predicted molar refractivity (Wildman–Crippen MR) is 119 cm³/mol. The minimum Gasteiger partial charge on any atom is -0.386 e. The van der Waals surface area contributed by atoms with Crippen LogP contribution < -0.4 is 5.32 Å². The number of anilines is 1. The molecule has 3 rings (SSSR count). The molecule has 2 aromatic rings. The molecule has 1 N–H and O–H groups in total. The maximum atomic E-state index is 5.83. The molecule has 27 heavy (non-hydrogen) atoms. The first-order chi connectivity index (χ1) is 12.7. The molecule has 0 unspecified atom stereocenters. The van der Waals surface area contributed by atoms with Gasteiger partial charge in [0.15, 0.2) is 0 Å². The molecule has 1 heterocycles. The summed E-state index contributed by atoms with van der Waals surface area (Å²) >= 11 is 9.38. The van der Waals surface area contributed by atoms with Crippen LogP contribution in [0.2, 0.25) is 5.02 Å². The summed E-state index contributed by atoms with van der Waals surface area (Å²) in [5, 5.41) is 4.07. The molecule has 0 aromatic heterocycles. The molecule has 1 fully saturated rings. The van der Waals surface area contributed by atoms with Crippen molar-refractivity contribution in [1.29, 1.82) is 0 Å².